The quantitative estimate of drug-likeness (QED) is 0.776. The Bertz CT molecular complexity index is 652. The van der Waals surface area contributed by atoms with Crippen molar-refractivity contribution in [1.82, 2.24) is 0 Å². The van der Waals surface area contributed by atoms with Gasteiger partial charge >= 0.3 is 0 Å². The maximum absolute atomic E-state index is 12.1. The number of hydrogen-bond donors (Lipinski definition) is 2. The minimum atomic E-state index is -0.191. The molecule has 4 nitrogen and oxygen atoms in total. The van der Waals surface area contributed by atoms with E-state index < -0.39 is 0 Å². The number of ether oxygens (including phenoxy) is 1. The molecule has 24 heavy (non-hydrogen) atoms. The Morgan fingerprint density at radius 1 is 1.17 bits per heavy atom. The van der Waals surface area contributed by atoms with E-state index in [2.05, 4.69) is 19.2 Å². The predicted octanol–water partition coefficient (Wildman–Crippen LogP) is 3.75. The summed E-state index contributed by atoms with van der Waals surface area (Å²) in [5.41, 5.74) is 2.89. The third-order valence-corrected chi connectivity index (χ3v) is 4.06. The Balaban J connectivity index is 1.91. The number of para-hydroxylation sites is 1. The summed E-state index contributed by atoms with van der Waals surface area (Å²) in [6.45, 7) is 4.38. The van der Waals surface area contributed by atoms with Crippen molar-refractivity contribution in [2.45, 2.75) is 32.6 Å². The van der Waals surface area contributed by atoms with Crippen molar-refractivity contribution < 1.29 is 14.6 Å². The lowest BCUT2D eigenvalue weighted by atomic mass is 9.98. The van der Waals surface area contributed by atoms with E-state index in [1.165, 1.54) is 0 Å². The van der Waals surface area contributed by atoms with Gasteiger partial charge in [-0.2, -0.15) is 0 Å². The van der Waals surface area contributed by atoms with Crippen molar-refractivity contribution >= 4 is 11.6 Å². The highest BCUT2D eigenvalue weighted by Gasteiger charge is 2.11. The molecule has 2 aromatic rings. The fourth-order valence-corrected chi connectivity index (χ4v) is 2.46. The van der Waals surface area contributed by atoms with E-state index in [9.17, 15) is 4.79 Å². The molecule has 0 aliphatic rings. The van der Waals surface area contributed by atoms with Crippen LogP contribution in [0.4, 0.5) is 5.69 Å². The highest BCUT2D eigenvalue weighted by molar-refractivity contribution is 5.91. The maximum atomic E-state index is 12.1. The number of nitrogens with one attached hydrogen (secondary N) is 1. The van der Waals surface area contributed by atoms with Gasteiger partial charge in [-0.05, 0) is 48.1 Å². The monoisotopic (exact) mass is 327 g/mol. The highest BCUT2D eigenvalue weighted by atomic mass is 16.5. The van der Waals surface area contributed by atoms with Crippen LogP contribution < -0.4 is 10.1 Å². The van der Waals surface area contributed by atoms with Gasteiger partial charge in [0.25, 0.3) is 5.91 Å². The summed E-state index contributed by atoms with van der Waals surface area (Å²) < 4.78 is 5.71. The lowest BCUT2D eigenvalue weighted by Crippen LogP contribution is -2.20. The van der Waals surface area contributed by atoms with Gasteiger partial charge in [-0.15, -0.1) is 0 Å². The maximum Gasteiger partial charge on any atom is 0.262 e. The molecular formula is C20H25NO3. The van der Waals surface area contributed by atoms with E-state index in [1.807, 2.05) is 48.5 Å². The second kappa shape index (κ2) is 9.08. The molecule has 2 N–H and O–H groups in total. The number of hydrogen-bond acceptors (Lipinski definition) is 3. The average molecular weight is 327 g/mol. The second-order valence-corrected chi connectivity index (χ2v) is 5.85. The van der Waals surface area contributed by atoms with Crippen LogP contribution in [0.15, 0.2) is 48.5 Å². The molecule has 0 saturated heterocycles. The van der Waals surface area contributed by atoms with Gasteiger partial charge in [0.05, 0.1) is 0 Å². The van der Waals surface area contributed by atoms with Crippen molar-refractivity contribution in [3.05, 3.63) is 59.7 Å². The fourth-order valence-electron chi connectivity index (χ4n) is 2.46. The Hall–Kier alpha value is -2.33. The van der Waals surface area contributed by atoms with Crippen LogP contribution in [0.3, 0.4) is 0 Å². The van der Waals surface area contributed by atoms with Crippen molar-refractivity contribution in [3.63, 3.8) is 0 Å². The molecule has 0 saturated carbocycles. The van der Waals surface area contributed by atoms with Gasteiger partial charge in [-0.3, -0.25) is 4.79 Å². The van der Waals surface area contributed by atoms with Crippen LogP contribution in [0.1, 0.15) is 37.3 Å². The van der Waals surface area contributed by atoms with Gasteiger partial charge in [-0.25, -0.2) is 0 Å². The zero-order valence-corrected chi connectivity index (χ0v) is 14.3. The third-order valence-electron chi connectivity index (χ3n) is 4.06. The van der Waals surface area contributed by atoms with E-state index >= 15 is 0 Å². The second-order valence-electron chi connectivity index (χ2n) is 5.85. The Kier molecular flexibility index (Phi) is 6.82. The van der Waals surface area contributed by atoms with Gasteiger partial charge in [0.1, 0.15) is 5.75 Å². The van der Waals surface area contributed by atoms with Crippen LogP contribution in [-0.4, -0.2) is 24.2 Å². The lowest BCUT2D eigenvalue weighted by molar-refractivity contribution is -0.118. The van der Waals surface area contributed by atoms with E-state index in [0.29, 0.717) is 12.3 Å². The first kappa shape index (κ1) is 18.0. The number of aliphatic hydroxyl groups excluding tert-OH is 1. The summed E-state index contributed by atoms with van der Waals surface area (Å²) >= 11 is 0. The van der Waals surface area contributed by atoms with Gasteiger partial charge < -0.3 is 15.2 Å². The number of aliphatic hydroxyl groups is 1. The summed E-state index contributed by atoms with van der Waals surface area (Å²) in [5, 5.41) is 11.7. The zero-order valence-electron chi connectivity index (χ0n) is 14.3. The van der Waals surface area contributed by atoms with Crippen molar-refractivity contribution in [2.75, 3.05) is 18.5 Å². The fraction of sp³-hybridized carbons (Fsp3) is 0.350. The molecule has 0 aromatic heterocycles. The molecule has 0 spiro atoms. The molecule has 0 aliphatic heterocycles. The summed E-state index contributed by atoms with van der Waals surface area (Å²) in [7, 11) is 0. The van der Waals surface area contributed by atoms with Crippen LogP contribution in [-0.2, 0) is 11.2 Å². The number of amides is 1. The van der Waals surface area contributed by atoms with E-state index in [0.717, 1.165) is 29.0 Å². The predicted molar refractivity (Wildman–Crippen MR) is 96.5 cm³/mol. The van der Waals surface area contributed by atoms with E-state index in [-0.39, 0.29) is 19.1 Å². The summed E-state index contributed by atoms with van der Waals surface area (Å²) in [4.78, 5) is 12.1. The first-order valence-corrected chi connectivity index (χ1v) is 8.35. The molecule has 0 aliphatic carbocycles. The summed E-state index contributed by atoms with van der Waals surface area (Å²) in [5.74, 6) is 0.965. The first-order chi connectivity index (χ1) is 11.6. The molecule has 0 heterocycles. The van der Waals surface area contributed by atoms with Crippen LogP contribution >= 0.6 is 0 Å². The molecule has 0 radical (unpaired) electrons. The molecule has 1 unspecified atom stereocenters. The highest BCUT2D eigenvalue weighted by Crippen LogP contribution is 2.28. The van der Waals surface area contributed by atoms with E-state index in [4.69, 9.17) is 9.84 Å². The number of carbonyl (C=O) groups is 1. The standard InChI is InChI=1S/C20H25NO3/c1-3-15(2)18-6-4-5-7-19(18)24-14-20(23)21-17-10-8-16(9-11-17)12-13-22/h4-11,15,22H,3,12-14H2,1-2H3,(H,21,23). The Morgan fingerprint density at radius 3 is 2.54 bits per heavy atom. The van der Waals surface area contributed by atoms with Gasteiger partial charge in [-0.1, -0.05) is 44.2 Å². The normalized spacial score (nSPS) is 11.8. The molecule has 0 bridgehead atoms. The summed E-state index contributed by atoms with van der Waals surface area (Å²) in [6.07, 6.45) is 1.64. The molecule has 0 fully saturated rings. The molecule has 1 amide bonds. The zero-order chi connectivity index (χ0) is 17.4. The third kappa shape index (κ3) is 5.10. The number of rotatable bonds is 8. The molecule has 4 heteroatoms. The number of benzene rings is 2. The largest absolute Gasteiger partial charge is 0.483 e. The topological polar surface area (TPSA) is 58.6 Å². The summed E-state index contributed by atoms with van der Waals surface area (Å²) in [6, 6.07) is 15.3. The first-order valence-electron chi connectivity index (χ1n) is 8.35. The molecule has 2 aromatic carbocycles. The minimum absolute atomic E-state index is 0.0220. The average Bonchev–Trinajstić information content (AvgIpc) is 2.61. The van der Waals surface area contributed by atoms with Crippen molar-refractivity contribution in [1.29, 1.82) is 0 Å². The Morgan fingerprint density at radius 2 is 1.88 bits per heavy atom. The Labute approximate surface area is 143 Å². The molecule has 2 rings (SSSR count). The van der Waals surface area contributed by atoms with Crippen molar-refractivity contribution in [3.8, 4) is 5.75 Å². The lowest BCUT2D eigenvalue weighted by Gasteiger charge is -2.15. The minimum Gasteiger partial charge on any atom is -0.483 e. The van der Waals surface area contributed by atoms with Crippen LogP contribution in [0.5, 0.6) is 5.75 Å². The molecule has 128 valence electrons. The van der Waals surface area contributed by atoms with Crippen LogP contribution in [0.25, 0.3) is 0 Å². The van der Waals surface area contributed by atoms with Gasteiger partial charge in [0, 0.05) is 12.3 Å². The number of carbonyl (C=O) groups excluding carboxylic acids is 1. The van der Waals surface area contributed by atoms with E-state index in [1.54, 1.807) is 0 Å². The number of anilines is 1. The van der Waals surface area contributed by atoms with Gasteiger partial charge in [0.15, 0.2) is 6.61 Å². The SMILES string of the molecule is CCC(C)c1ccccc1OCC(=O)Nc1ccc(CCO)cc1. The molecule has 1 atom stereocenters. The van der Waals surface area contributed by atoms with Crippen LogP contribution in [0, 0.1) is 0 Å². The van der Waals surface area contributed by atoms with Gasteiger partial charge in [0.2, 0.25) is 0 Å². The smallest absolute Gasteiger partial charge is 0.262 e. The van der Waals surface area contributed by atoms with Crippen molar-refractivity contribution in [2.24, 2.45) is 0 Å². The van der Waals surface area contributed by atoms with Crippen LogP contribution in [0.2, 0.25) is 0 Å². The molecular weight excluding hydrogens is 302 g/mol.